The van der Waals surface area contributed by atoms with Crippen LogP contribution in [0.3, 0.4) is 0 Å². The van der Waals surface area contributed by atoms with E-state index in [4.69, 9.17) is 10.5 Å². The number of esters is 1. The van der Waals surface area contributed by atoms with Crippen molar-refractivity contribution in [3.05, 3.63) is 36.6 Å². The zero-order valence-corrected chi connectivity index (χ0v) is 7.34. The first kappa shape index (κ1) is 8.62. The molecule has 14 heavy (non-hydrogen) atoms. The van der Waals surface area contributed by atoms with Gasteiger partial charge in [0.25, 0.3) is 0 Å². The second-order valence-corrected chi connectivity index (χ2v) is 2.87. The van der Waals surface area contributed by atoms with E-state index in [2.05, 4.69) is 4.74 Å². The number of nitrogen functional groups attached to an aromatic ring is 1. The molecule has 4 nitrogen and oxygen atoms in total. The number of cyclic esters (lactones) is 1. The second kappa shape index (κ2) is 3.41. The SMILES string of the molecule is Nc1ccc(OC2C=COC2=O)cc1. The molecular weight excluding hydrogens is 182 g/mol. The van der Waals surface area contributed by atoms with E-state index in [9.17, 15) is 4.79 Å². The summed E-state index contributed by atoms with van der Waals surface area (Å²) >= 11 is 0. The summed E-state index contributed by atoms with van der Waals surface area (Å²) in [5, 5.41) is 0. The maximum atomic E-state index is 11.0. The molecule has 1 aromatic rings. The normalized spacial score (nSPS) is 19.4. The fourth-order valence-electron chi connectivity index (χ4n) is 1.10. The quantitative estimate of drug-likeness (QED) is 0.561. The molecule has 0 radical (unpaired) electrons. The molecule has 1 aromatic carbocycles. The summed E-state index contributed by atoms with van der Waals surface area (Å²) in [6.45, 7) is 0. The van der Waals surface area contributed by atoms with Crippen molar-refractivity contribution in [2.24, 2.45) is 0 Å². The predicted molar refractivity (Wildman–Crippen MR) is 50.5 cm³/mol. The van der Waals surface area contributed by atoms with Gasteiger partial charge in [-0.2, -0.15) is 0 Å². The second-order valence-electron chi connectivity index (χ2n) is 2.87. The highest BCUT2D eigenvalue weighted by Crippen LogP contribution is 2.17. The molecule has 2 rings (SSSR count). The fraction of sp³-hybridized carbons (Fsp3) is 0.100. The van der Waals surface area contributed by atoms with Crippen LogP contribution in [0, 0.1) is 0 Å². The topological polar surface area (TPSA) is 61.6 Å². The molecule has 0 aromatic heterocycles. The number of hydrogen-bond donors (Lipinski definition) is 1. The third kappa shape index (κ3) is 1.69. The Morgan fingerprint density at radius 2 is 2.00 bits per heavy atom. The molecule has 1 aliphatic heterocycles. The average molecular weight is 191 g/mol. The summed E-state index contributed by atoms with van der Waals surface area (Å²) in [5.74, 6) is 0.189. The number of benzene rings is 1. The third-order valence-electron chi connectivity index (χ3n) is 1.81. The molecule has 1 heterocycles. The highest BCUT2D eigenvalue weighted by molar-refractivity contribution is 5.80. The minimum absolute atomic E-state index is 0.401. The Bertz CT molecular complexity index is 369. The predicted octanol–water partition coefficient (Wildman–Crippen LogP) is 1.09. The standard InChI is InChI=1S/C10H9NO3/c11-7-1-3-8(4-2-7)14-9-5-6-13-10(9)12/h1-6,9H,11H2. The summed E-state index contributed by atoms with van der Waals surface area (Å²) in [6, 6.07) is 6.82. The molecule has 1 aliphatic rings. The van der Waals surface area contributed by atoms with E-state index in [1.54, 1.807) is 30.3 Å². The first-order valence-corrected chi connectivity index (χ1v) is 4.15. The van der Waals surface area contributed by atoms with Crippen LogP contribution >= 0.6 is 0 Å². The van der Waals surface area contributed by atoms with Gasteiger partial charge in [-0.1, -0.05) is 0 Å². The van der Waals surface area contributed by atoms with E-state index >= 15 is 0 Å². The van der Waals surface area contributed by atoms with Crippen molar-refractivity contribution in [3.8, 4) is 5.75 Å². The molecule has 0 bridgehead atoms. The van der Waals surface area contributed by atoms with Crippen LogP contribution in [-0.4, -0.2) is 12.1 Å². The molecule has 0 amide bonds. The zero-order valence-electron chi connectivity index (χ0n) is 7.34. The summed E-state index contributed by atoms with van der Waals surface area (Å²) in [5.41, 5.74) is 6.16. The van der Waals surface area contributed by atoms with Gasteiger partial charge in [0.15, 0.2) is 0 Å². The first-order chi connectivity index (χ1) is 6.75. The van der Waals surface area contributed by atoms with Crippen LogP contribution in [0.1, 0.15) is 0 Å². The lowest BCUT2D eigenvalue weighted by molar-refractivity contribution is -0.141. The van der Waals surface area contributed by atoms with Gasteiger partial charge in [0.2, 0.25) is 6.10 Å². The van der Waals surface area contributed by atoms with E-state index in [0.717, 1.165) is 0 Å². The van der Waals surface area contributed by atoms with Crippen LogP contribution in [0.15, 0.2) is 36.6 Å². The largest absolute Gasteiger partial charge is 0.474 e. The molecule has 0 spiro atoms. The third-order valence-corrected chi connectivity index (χ3v) is 1.81. The van der Waals surface area contributed by atoms with Crippen LogP contribution in [0.5, 0.6) is 5.75 Å². The van der Waals surface area contributed by atoms with Crippen molar-refractivity contribution >= 4 is 11.7 Å². The average Bonchev–Trinajstić information content (AvgIpc) is 2.56. The molecule has 0 saturated carbocycles. The maximum Gasteiger partial charge on any atom is 0.356 e. The van der Waals surface area contributed by atoms with Gasteiger partial charge in [0.1, 0.15) is 5.75 Å². The summed E-state index contributed by atoms with van der Waals surface area (Å²) in [7, 11) is 0. The van der Waals surface area contributed by atoms with Crippen molar-refractivity contribution in [2.75, 3.05) is 5.73 Å². The molecular formula is C10H9NO3. The minimum atomic E-state index is -0.640. The van der Waals surface area contributed by atoms with Gasteiger partial charge in [0, 0.05) is 11.8 Å². The van der Waals surface area contributed by atoms with Crippen molar-refractivity contribution < 1.29 is 14.3 Å². The van der Waals surface area contributed by atoms with Crippen molar-refractivity contribution in [1.82, 2.24) is 0 Å². The number of anilines is 1. The van der Waals surface area contributed by atoms with Crippen LogP contribution in [0.2, 0.25) is 0 Å². The molecule has 1 atom stereocenters. The van der Waals surface area contributed by atoms with Crippen LogP contribution < -0.4 is 10.5 Å². The summed E-state index contributed by atoms with van der Waals surface area (Å²) < 4.78 is 9.92. The van der Waals surface area contributed by atoms with Crippen molar-refractivity contribution in [3.63, 3.8) is 0 Å². The number of hydrogen-bond acceptors (Lipinski definition) is 4. The van der Waals surface area contributed by atoms with Gasteiger partial charge in [-0.3, -0.25) is 0 Å². The first-order valence-electron chi connectivity index (χ1n) is 4.15. The molecule has 1 unspecified atom stereocenters. The molecule has 4 heteroatoms. The molecule has 0 fully saturated rings. The number of ether oxygens (including phenoxy) is 2. The zero-order chi connectivity index (χ0) is 9.97. The summed E-state index contributed by atoms with van der Waals surface area (Å²) in [4.78, 5) is 11.0. The smallest absolute Gasteiger partial charge is 0.356 e. The van der Waals surface area contributed by atoms with Crippen LogP contribution in [0.4, 0.5) is 5.69 Å². The number of carbonyl (C=O) groups excluding carboxylic acids is 1. The van der Waals surface area contributed by atoms with E-state index < -0.39 is 12.1 Å². The van der Waals surface area contributed by atoms with E-state index in [0.29, 0.717) is 11.4 Å². The Morgan fingerprint density at radius 3 is 2.57 bits per heavy atom. The van der Waals surface area contributed by atoms with Gasteiger partial charge in [-0.25, -0.2) is 4.79 Å². The number of rotatable bonds is 2. The van der Waals surface area contributed by atoms with Crippen molar-refractivity contribution in [2.45, 2.75) is 6.10 Å². The van der Waals surface area contributed by atoms with Gasteiger partial charge in [-0.05, 0) is 24.3 Å². The molecule has 2 N–H and O–H groups in total. The Morgan fingerprint density at radius 1 is 1.29 bits per heavy atom. The molecule has 72 valence electrons. The Hall–Kier alpha value is -1.97. The van der Waals surface area contributed by atoms with Crippen molar-refractivity contribution in [1.29, 1.82) is 0 Å². The van der Waals surface area contributed by atoms with Crippen LogP contribution in [-0.2, 0) is 9.53 Å². The van der Waals surface area contributed by atoms with E-state index in [-0.39, 0.29) is 0 Å². The Balaban J connectivity index is 2.07. The van der Waals surface area contributed by atoms with Gasteiger partial charge in [0.05, 0.1) is 6.26 Å². The summed E-state index contributed by atoms with van der Waals surface area (Å²) in [6.07, 6.45) is 2.24. The number of carbonyl (C=O) groups is 1. The lowest BCUT2D eigenvalue weighted by Gasteiger charge is -2.08. The van der Waals surface area contributed by atoms with Crippen LogP contribution in [0.25, 0.3) is 0 Å². The van der Waals surface area contributed by atoms with Gasteiger partial charge in [-0.15, -0.1) is 0 Å². The maximum absolute atomic E-state index is 11.0. The lowest BCUT2D eigenvalue weighted by Crippen LogP contribution is -2.21. The van der Waals surface area contributed by atoms with Gasteiger partial charge < -0.3 is 15.2 Å². The highest BCUT2D eigenvalue weighted by Gasteiger charge is 2.23. The molecule has 0 aliphatic carbocycles. The monoisotopic (exact) mass is 191 g/mol. The lowest BCUT2D eigenvalue weighted by atomic mass is 10.3. The van der Waals surface area contributed by atoms with E-state index in [1.165, 1.54) is 6.26 Å². The Kier molecular flexibility index (Phi) is 2.10. The highest BCUT2D eigenvalue weighted by atomic mass is 16.6. The Labute approximate surface area is 80.9 Å². The fourth-order valence-corrected chi connectivity index (χ4v) is 1.10. The molecule has 0 saturated heterocycles. The minimum Gasteiger partial charge on any atom is -0.474 e. The van der Waals surface area contributed by atoms with Gasteiger partial charge >= 0.3 is 5.97 Å². The van der Waals surface area contributed by atoms with E-state index in [1.807, 2.05) is 0 Å². The number of nitrogens with two attached hydrogens (primary N) is 1.